The molecule has 0 bridgehead atoms. The predicted molar refractivity (Wildman–Crippen MR) is 113 cm³/mol. The number of benzene rings is 2. The number of carbonyl (C=O) groups is 1. The molecule has 27 heavy (non-hydrogen) atoms. The first-order chi connectivity index (χ1) is 13.0. The third-order valence-corrected chi connectivity index (χ3v) is 5.41. The van der Waals surface area contributed by atoms with E-state index in [1.165, 1.54) is 22.9 Å². The quantitative estimate of drug-likeness (QED) is 0.648. The predicted octanol–water partition coefficient (Wildman–Crippen LogP) is 4.29. The molecule has 140 valence electrons. The van der Waals surface area contributed by atoms with E-state index in [1.54, 1.807) is 6.20 Å². The molecule has 2 aromatic carbocycles. The van der Waals surface area contributed by atoms with Crippen molar-refractivity contribution in [3.05, 3.63) is 66.0 Å². The Morgan fingerprint density at radius 2 is 1.89 bits per heavy atom. The van der Waals surface area contributed by atoms with Crippen LogP contribution in [0.25, 0.3) is 5.69 Å². The van der Waals surface area contributed by atoms with E-state index in [2.05, 4.69) is 36.3 Å². The standard InChI is InChI=1S/C21H24N4OS/c1-15-6-5-7-19(16(15)2)25-13-12-22-21(25)27-14-20(26)23-17-8-10-18(11-9-17)24(3)4/h5-13H,14H2,1-4H3,(H,23,26). The summed E-state index contributed by atoms with van der Waals surface area (Å²) < 4.78 is 2.03. The zero-order valence-electron chi connectivity index (χ0n) is 16.1. The topological polar surface area (TPSA) is 50.2 Å². The zero-order chi connectivity index (χ0) is 19.4. The van der Waals surface area contributed by atoms with Crippen molar-refractivity contribution in [3.63, 3.8) is 0 Å². The summed E-state index contributed by atoms with van der Waals surface area (Å²) in [5.74, 6) is 0.255. The monoisotopic (exact) mass is 380 g/mol. The van der Waals surface area contributed by atoms with Gasteiger partial charge in [0.15, 0.2) is 5.16 Å². The number of thioether (sulfide) groups is 1. The number of nitrogens with one attached hydrogen (secondary N) is 1. The molecule has 0 radical (unpaired) electrons. The SMILES string of the molecule is Cc1cccc(-n2ccnc2SCC(=O)Nc2ccc(N(C)C)cc2)c1C. The van der Waals surface area contributed by atoms with Crippen LogP contribution in [0.1, 0.15) is 11.1 Å². The number of hydrogen-bond donors (Lipinski definition) is 1. The third kappa shape index (κ3) is 4.52. The molecule has 1 N–H and O–H groups in total. The van der Waals surface area contributed by atoms with E-state index in [0.29, 0.717) is 5.75 Å². The van der Waals surface area contributed by atoms with Gasteiger partial charge in [0, 0.05) is 37.9 Å². The summed E-state index contributed by atoms with van der Waals surface area (Å²) in [5, 5.41) is 3.74. The van der Waals surface area contributed by atoms with Gasteiger partial charge in [0.05, 0.1) is 11.4 Å². The average Bonchev–Trinajstić information content (AvgIpc) is 3.11. The van der Waals surface area contributed by atoms with Crippen molar-refractivity contribution in [1.29, 1.82) is 0 Å². The number of aryl methyl sites for hydroxylation is 1. The molecule has 1 heterocycles. The molecule has 5 nitrogen and oxygen atoms in total. The molecule has 6 heteroatoms. The second kappa shape index (κ2) is 8.31. The maximum absolute atomic E-state index is 12.3. The molecule has 0 fully saturated rings. The van der Waals surface area contributed by atoms with Crippen LogP contribution in [0.15, 0.2) is 60.0 Å². The number of carbonyl (C=O) groups excluding carboxylic acids is 1. The van der Waals surface area contributed by atoms with Gasteiger partial charge in [-0.2, -0.15) is 0 Å². The fourth-order valence-electron chi connectivity index (χ4n) is 2.75. The van der Waals surface area contributed by atoms with Crippen LogP contribution in [-0.4, -0.2) is 35.3 Å². The van der Waals surface area contributed by atoms with E-state index in [4.69, 9.17) is 0 Å². The molecule has 3 aromatic rings. The van der Waals surface area contributed by atoms with Crippen molar-refractivity contribution < 1.29 is 4.79 Å². The second-order valence-electron chi connectivity index (χ2n) is 6.58. The van der Waals surface area contributed by atoms with Gasteiger partial charge in [-0.05, 0) is 55.3 Å². The summed E-state index contributed by atoms with van der Waals surface area (Å²) in [5.41, 5.74) is 5.43. The highest BCUT2D eigenvalue weighted by Gasteiger charge is 2.11. The van der Waals surface area contributed by atoms with E-state index >= 15 is 0 Å². The molecule has 0 unspecified atom stereocenters. The summed E-state index contributed by atoms with van der Waals surface area (Å²) in [4.78, 5) is 18.8. The lowest BCUT2D eigenvalue weighted by molar-refractivity contribution is -0.113. The Balaban J connectivity index is 1.65. The lowest BCUT2D eigenvalue weighted by Gasteiger charge is -2.13. The van der Waals surface area contributed by atoms with Gasteiger partial charge in [-0.1, -0.05) is 23.9 Å². The molecule has 0 spiro atoms. The molecule has 1 aromatic heterocycles. The molecule has 0 aliphatic carbocycles. The Bertz CT molecular complexity index is 932. The maximum Gasteiger partial charge on any atom is 0.234 e. The fourth-order valence-corrected chi connectivity index (χ4v) is 3.51. The van der Waals surface area contributed by atoms with E-state index in [9.17, 15) is 4.79 Å². The Hall–Kier alpha value is -2.73. The number of hydrogen-bond acceptors (Lipinski definition) is 4. The Labute approximate surface area is 164 Å². The Kier molecular flexibility index (Phi) is 5.86. The number of rotatable bonds is 6. The smallest absolute Gasteiger partial charge is 0.234 e. The number of imidazole rings is 1. The van der Waals surface area contributed by atoms with E-state index < -0.39 is 0 Å². The van der Waals surface area contributed by atoms with Crippen molar-refractivity contribution in [1.82, 2.24) is 9.55 Å². The average molecular weight is 381 g/mol. The Morgan fingerprint density at radius 1 is 1.15 bits per heavy atom. The summed E-state index contributed by atoms with van der Waals surface area (Å²) in [6.07, 6.45) is 3.70. The number of aromatic nitrogens is 2. The summed E-state index contributed by atoms with van der Waals surface area (Å²) in [7, 11) is 3.98. The van der Waals surface area contributed by atoms with Crippen LogP contribution in [0.2, 0.25) is 0 Å². The number of amides is 1. The van der Waals surface area contributed by atoms with Crippen LogP contribution in [0, 0.1) is 13.8 Å². The first kappa shape index (κ1) is 19.0. The minimum atomic E-state index is -0.0480. The molecular formula is C21H24N4OS. The van der Waals surface area contributed by atoms with Gasteiger partial charge in [-0.25, -0.2) is 4.98 Å². The molecule has 0 aliphatic heterocycles. The number of nitrogens with zero attached hydrogens (tertiary/aromatic N) is 3. The van der Waals surface area contributed by atoms with Gasteiger partial charge in [-0.3, -0.25) is 9.36 Å². The highest BCUT2D eigenvalue weighted by Crippen LogP contribution is 2.24. The first-order valence-corrected chi connectivity index (χ1v) is 9.74. The van der Waals surface area contributed by atoms with E-state index in [0.717, 1.165) is 22.2 Å². The van der Waals surface area contributed by atoms with E-state index in [1.807, 2.05) is 60.1 Å². The van der Waals surface area contributed by atoms with Crippen LogP contribution in [0.3, 0.4) is 0 Å². The zero-order valence-corrected chi connectivity index (χ0v) is 16.9. The molecule has 0 saturated heterocycles. The van der Waals surface area contributed by atoms with Gasteiger partial charge < -0.3 is 10.2 Å². The van der Waals surface area contributed by atoms with Crippen LogP contribution in [0.5, 0.6) is 0 Å². The fraction of sp³-hybridized carbons (Fsp3) is 0.238. The minimum absolute atomic E-state index is 0.0480. The molecule has 0 saturated carbocycles. The molecular weight excluding hydrogens is 356 g/mol. The van der Waals surface area contributed by atoms with Crippen LogP contribution >= 0.6 is 11.8 Å². The molecule has 3 rings (SSSR count). The van der Waals surface area contributed by atoms with Crippen molar-refractivity contribution in [2.24, 2.45) is 0 Å². The van der Waals surface area contributed by atoms with Gasteiger partial charge in [0.25, 0.3) is 0 Å². The minimum Gasteiger partial charge on any atom is -0.378 e. The largest absolute Gasteiger partial charge is 0.378 e. The molecule has 1 amide bonds. The van der Waals surface area contributed by atoms with Crippen molar-refractivity contribution in [2.75, 3.05) is 30.1 Å². The normalized spacial score (nSPS) is 10.7. The van der Waals surface area contributed by atoms with Crippen molar-refractivity contribution in [3.8, 4) is 5.69 Å². The third-order valence-electron chi connectivity index (χ3n) is 4.44. The van der Waals surface area contributed by atoms with Crippen molar-refractivity contribution >= 4 is 29.0 Å². The Morgan fingerprint density at radius 3 is 2.59 bits per heavy atom. The summed E-state index contributed by atoms with van der Waals surface area (Å²) >= 11 is 1.43. The van der Waals surface area contributed by atoms with E-state index in [-0.39, 0.29) is 5.91 Å². The van der Waals surface area contributed by atoms with Crippen molar-refractivity contribution in [2.45, 2.75) is 19.0 Å². The van der Waals surface area contributed by atoms with Crippen LogP contribution < -0.4 is 10.2 Å². The number of anilines is 2. The van der Waals surface area contributed by atoms with Gasteiger partial charge >= 0.3 is 0 Å². The summed E-state index contributed by atoms with van der Waals surface area (Å²) in [6.45, 7) is 4.20. The van der Waals surface area contributed by atoms with Crippen LogP contribution in [0.4, 0.5) is 11.4 Å². The second-order valence-corrected chi connectivity index (χ2v) is 7.52. The van der Waals surface area contributed by atoms with Gasteiger partial charge in [0.1, 0.15) is 0 Å². The highest BCUT2D eigenvalue weighted by atomic mass is 32.2. The lowest BCUT2D eigenvalue weighted by Crippen LogP contribution is -2.15. The first-order valence-electron chi connectivity index (χ1n) is 8.75. The lowest BCUT2D eigenvalue weighted by atomic mass is 10.1. The van der Waals surface area contributed by atoms with Gasteiger partial charge in [-0.15, -0.1) is 0 Å². The van der Waals surface area contributed by atoms with Gasteiger partial charge in [0.2, 0.25) is 5.91 Å². The highest BCUT2D eigenvalue weighted by molar-refractivity contribution is 7.99. The summed E-state index contributed by atoms with van der Waals surface area (Å²) in [6, 6.07) is 14.0. The molecule has 0 aliphatic rings. The van der Waals surface area contributed by atoms with Crippen LogP contribution in [-0.2, 0) is 4.79 Å². The molecule has 0 atom stereocenters. The maximum atomic E-state index is 12.3.